The zero-order chi connectivity index (χ0) is 23.6. The molecule has 1 heteroatoms. The van der Waals surface area contributed by atoms with Crippen LogP contribution in [0.4, 0.5) is 0 Å². The van der Waals surface area contributed by atoms with Crippen molar-refractivity contribution in [3.63, 3.8) is 0 Å². The van der Waals surface area contributed by atoms with Crippen LogP contribution in [0.25, 0.3) is 11.1 Å². The number of benzene rings is 2. The van der Waals surface area contributed by atoms with Crippen molar-refractivity contribution in [1.82, 2.24) is 0 Å². The van der Waals surface area contributed by atoms with Crippen LogP contribution in [0.15, 0.2) is 51.3 Å². The average Bonchev–Trinajstić information content (AvgIpc) is 3.20. The van der Waals surface area contributed by atoms with Gasteiger partial charge in [0, 0.05) is 0 Å². The van der Waals surface area contributed by atoms with Crippen molar-refractivity contribution in [2.75, 3.05) is 0 Å². The maximum atomic E-state index is 2.59. The van der Waals surface area contributed by atoms with Crippen LogP contribution >= 0.6 is 0 Å². The fourth-order valence-electron chi connectivity index (χ4n) is 4.76. The molecule has 2 aliphatic carbocycles. The summed E-state index contributed by atoms with van der Waals surface area (Å²) in [6.07, 6.45) is 6.19. The Morgan fingerprint density at radius 1 is 0.750 bits per heavy atom. The molecule has 4 rings (SSSR count). The minimum absolute atomic E-state index is 0.165. The molecule has 1 unspecified atom stereocenters. The summed E-state index contributed by atoms with van der Waals surface area (Å²) in [6, 6.07) is 12.3. The molecule has 0 saturated carbocycles. The van der Waals surface area contributed by atoms with Crippen molar-refractivity contribution in [3.8, 4) is 11.1 Å². The summed E-state index contributed by atoms with van der Waals surface area (Å²) < 4.78 is 3.43. The fourth-order valence-corrected chi connectivity index (χ4v) is 8.33. The first kappa shape index (κ1) is 23.9. The van der Waals surface area contributed by atoms with Gasteiger partial charge in [-0.2, -0.15) is 0 Å². The van der Waals surface area contributed by atoms with Gasteiger partial charge in [0.05, 0.1) is 0 Å². The zero-order valence-electron chi connectivity index (χ0n) is 21.8. The van der Waals surface area contributed by atoms with Gasteiger partial charge in [0.1, 0.15) is 0 Å². The van der Waals surface area contributed by atoms with Gasteiger partial charge in [-0.1, -0.05) is 0 Å². The first-order valence-corrected chi connectivity index (χ1v) is 14.6. The predicted octanol–water partition coefficient (Wildman–Crippen LogP) is 8.07. The van der Waals surface area contributed by atoms with E-state index in [1.165, 1.54) is 33.4 Å². The molecule has 0 nitrogen and oxygen atoms in total. The molecule has 168 valence electrons. The number of fused-ring (bicyclic) bond motifs is 3. The summed E-state index contributed by atoms with van der Waals surface area (Å²) >= 11 is -0.869. The van der Waals surface area contributed by atoms with E-state index in [0.29, 0.717) is 5.92 Å². The number of allylic oxidation sites excluding steroid dienone is 4. The molecule has 0 aromatic heterocycles. The van der Waals surface area contributed by atoms with Crippen LogP contribution in [0.2, 0.25) is 0 Å². The van der Waals surface area contributed by atoms with E-state index in [9.17, 15) is 0 Å². The Morgan fingerprint density at radius 2 is 1.38 bits per heavy atom. The van der Waals surface area contributed by atoms with Crippen LogP contribution < -0.4 is 3.27 Å². The van der Waals surface area contributed by atoms with E-state index in [-0.39, 0.29) is 16.2 Å². The Morgan fingerprint density at radius 3 is 1.94 bits per heavy atom. The van der Waals surface area contributed by atoms with Gasteiger partial charge in [0.2, 0.25) is 0 Å². The third kappa shape index (κ3) is 4.57. The third-order valence-electron chi connectivity index (χ3n) is 7.13. The summed E-state index contributed by atoms with van der Waals surface area (Å²) in [5.41, 5.74) is 11.2. The Hall–Kier alpha value is -1.20. The van der Waals surface area contributed by atoms with Crippen molar-refractivity contribution in [1.29, 1.82) is 0 Å². The number of rotatable bonds is 2. The minimum atomic E-state index is -0.869. The molecule has 0 amide bonds. The molecule has 0 spiro atoms. The van der Waals surface area contributed by atoms with Crippen molar-refractivity contribution >= 4 is 3.27 Å². The Bertz CT molecular complexity index is 1120. The normalized spacial score (nSPS) is 18.2. The molecular formula is C31H40Zr. The van der Waals surface area contributed by atoms with Gasteiger partial charge in [-0.05, 0) is 0 Å². The third-order valence-corrected chi connectivity index (χ3v) is 11.1. The summed E-state index contributed by atoms with van der Waals surface area (Å²) in [6.45, 7) is 23.5. The summed E-state index contributed by atoms with van der Waals surface area (Å²) in [5.74, 6) is 0.598. The molecule has 2 aromatic carbocycles. The topological polar surface area (TPSA) is 0 Å². The molecule has 0 aliphatic heterocycles. The van der Waals surface area contributed by atoms with E-state index >= 15 is 0 Å². The van der Waals surface area contributed by atoms with Crippen LogP contribution in [0.3, 0.4) is 0 Å². The van der Waals surface area contributed by atoms with Gasteiger partial charge in [0.15, 0.2) is 0 Å². The van der Waals surface area contributed by atoms with E-state index in [2.05, 4.69) is 112 Å². The van der Waals surface area contributed by atoms with Crippen LogP contribution in [-0.4, -0.2) is 0 Å². The van der Waals surface area contributed by atoms with Gasteiger partial charge in [-0.15, -0.1) is 0 Å². The first-order chi connectivity index (χ1) is 14.6. The van der Waals surface area contributed by atoms with Crippen LogP contribution in [0.5, 0.6) is 0 Å². The molecule has 0 fully saturated rings. The molecule has 2 aromatic rings. The Balaban J connectivity index is 1.82. The van der Waals surface area contributed by atoms with Gasteiger partial charge in [-0.25, -0.2) is 0 Å². The van der Waals surface area contributed by atoms with E-state index < -0.39 is 23.2 Å². The molecule has 0 heterocycles. The monoisotopic (exact) mass is 502 g/mol. The number of hydrogen-bond acceptors (Lipinski definition) is 0. The van der Waals surface area contributed by atoms with Crippen molar-refractivity contribution in [3.05, 3.63) is 73.6 Å². The maximum absolute atomic E-state index is 2.59. The van der Waals surface area contributed by atoms with E-state index in [0.717, 1.165) is 6.42 Å². The SMILES string of the molecule is CC1C=C(C(C)(C)C)C=[C]1[Zr][c]1cc(C(C)(C)C)cc2c1Cc1ccc(C(C)(C)C)cc1-2. The van der Waals surface area contributed by atoms with Crippen molar-refractivity contribution in [2.24, 2.45) is 11.3 Å². The van der Waals surface area contributed by atoms with Crippen LogP contribution in [0.1, 0.15) is 91.5 Å². The van der Waals surface area contributed by atoms with Gasteiger partial charge in [0.25, 0.3) is 0 Å². The predicted molar refractivity (Wildman–Crippen MR) is 137 cm³/mol. The number of hydrogen-bond donors (Lipinski definition) is 0. The Labute approximate surface area is 208 Å². The molecule has 2 aliphatic rings. The zero-order valence-corrected chi connectivity index (χ0v) is 24.3. The van der Waals surface area contributed by atoms with E-state index in [4.69, 9.17) is 0 Å². The van der Waals surface area contributed by atoms with Gasteiger partial charge < -0.3 is 0 Å². The van der Waals surface area contributed by atoms with Gasteiger partial charge in [-0.3, -0.25) is 0 Å². The van der Waals surface area contributed by atoms with Crippen molar-refractivity contribution in [2.45, 2.75) is 86.5 Å². The quantitative estimate of drug-likeness (QED) is 0.332. The molecule has 0 saturated heterocycles. The second kappa shape index (κ2) is 7.94. The molecule has 0 bridgehead atoms. The average molecular weight is 504 g/mol. The molecular weight excluding hydrogens is 464 g/mol. The summed E-state index contributed by atoms with van der Waals surface area (Å²) in [4.78, 5) is 0. The Kier molecular flexibility index (Phi) is 5.94. The first-order valence-electron chi connectivity index (χ1n) is 12.2. The van der Waals surface area contributed by atoms with Crippen LogP contribution in [-0.2, 0) is 40.5 Å². The second-order valence-electron chi connectivity index (χ2n) is 13.0. The standard InChI is InChI=1S/C21H25.C10H15.Zr/c1-20(2,3)16-9-7-14-11-15-8-10-17(21(4,5)6)13-19(15)18(14)12-16;1-8-5-6-9(7-8)10(2,3)4;/h7,9-10,12-13H,11H2,1-6H3;6-8H,1-4H3;. The van der Waals surface area contributed by atoms with E-state index in [1.807, 2.05) is 0 Å². The molecule has 0 radical (unpaired) electrons. The van der Waals surface area contributed by atoms with Crippen LogP contribution in [0, 0.1) is 11.3 Å². The summed E-state index contributed by atoms with van der Waals surface area (Å²) in [7, 11) is 0. The molecule has 1 atom stereocenters. The fraction of sp³-hybridized carbons (Fsp3) is 0.484. The van der Waals surface area contributed by atoms with Crippen molar-refractivity contribution < 1.29 is 23.2 Å². The molecule has 0 N–H and O–H groups in total. The molecule has 32 heavy (non-hydrogen) atoms. The summed E-state index contributed by atoms with van der Waals surface area (Å²) in [5, 5.41) is 0. The van der Waals surface area contributed by atoms with Gasteiger partial charge >= 0.3 is 209 Å². The second-order valence-corrected chi connectivity index (χ2v) is 16.3. The van der Waals surface area contributed by atoms with E-state index in [1.54, 1.807) is 12.1 Å².